The molecule has 0 saturated heterocycles. The molecule has 0 radical (unpaired) electrons. The lowest BCUT2D eigenvalue weighted by Crippen LogP contribution is -2.26. The molecule has 1 aromatic carbocycles. The fraction of sp³-hybridized carbons (Fsp3) is 0.333. The minimum absolute atomic E-state index is 0.00334. The molecule has 1 rings (SSSR count). The average Bonchev–Trinajstić information content (AvgIpc) is 2.37. The highest BCUT2D eigenvalue weighted by molar-refractivity contribution is 8.00. The summed E-state index contributed by atoms with van der Waals surface area (Å²) in [5.41, 5.74) is -4.13. The number of methoxy groups -OCH3 is 1. The molecular weight excluding hydrogens is 295 g/mol. The van der Waals surface area contributed by atoms with Crippen LogP contribution in [-0.4, -0.2) is 31.0 Å². The van der Waals surface area contributed by atoms with Crippen LogP contribution in [-0.2, 0) is 9.53 Å². The van der Waals surface area contributed by atoms with Crippen molar-refractivity contribution >= 4 is 23.6 Å². The smallest absolute Gasteiger partial charge is 0.446 e. The van der Waals surface area contributed by atoms with Gasteiger partial charge in [-0.1, -0.05) is 0 Å². The molecule has 0 fully saturated rings. The van der Waals surface area contributed by atoms with Crippen LogP contribution in [0.3, 0.4) is 0 Å². The van der Waals surface area contributed by atoms with Crippen LogP contribution in [0.2, 0.25) is 0 Å². The first-order valence-electron chi connectivity index (χ1n) is 5.52. The predicted molar refractivity (Wildman–Crippen MR) is 67.3 cm³/mol. The summed E-state index contributed by atoms with van der Waals surface area (Å²) in [6.07, 6.45) is 0.0320. The Labute approximate surface area is 117 Å². The number of halogens is 3. The van der Waals surface area contributed by atoms with E-state index in [0.717, 1.165) is 0 Å². The number of hydrogen-bond donors (Lipinski definition) is 1. The van der Waals surface area contributed by atoms with Gasteiger partial charge in [-0.2, -0.15) is 13.2 Å². The number of benzene rings is 1. The summed E-state index contributed by atoms with van der Waals surface area (Å²) in [4.78, 5) is 22.4. The fourth-order valence-electron chi connectivity index (χ4n) is 1.29. The summed E-state index contributed by atoms with van der Waals surface area (Å²) in [5, 5.41) is 2.46. The molecule has 0 aliphatic carbocycles. The second-order valence-electron chi connectivity index (χ2n) is 3.65. The quantitative estimate of drug-likeness (QED) is 0.671. The fourth-order valence-corrected chi connectivity index (χ4v) is 1.83. The van der Waals surface area contributed by atoms with Crippen molar-refractivity contribution < 1.29 is 27.5 Å². The summed E-state index contributed by atoms with van der Waals surface area (Å²) in [6, 6.07) is 5.02. The molecule has 0 heterocycles. The molecule has 0 bridgehead atoms. The van der Waals surface area contributed by atoms with Gasteiger partial charge in [0.15, 0.2) is 0 Å². The second-order valence-corrected chi connectivity index (χ2v) is 4.79. The second kappa shape index (κ2) is 7.18. The van der Waals surface area contributed by atoms with Gasteiger partial charge in [0, 0.05) is 17.0 Å². The number of alkyl halides is 3. The van der Waals surface area contributed by atoms with E-state index in [2.05, 4.69) is 10.1 Å². The number of esters is 1. The number of rotatable bonds is 5. The van der Waals surface area contributed by atoms with E-state index in [4.69, 9.17) is 0 Å². The van der Waals surface area contributed by atoms with E-state index >= 15 is 0 Å². The van der Waals surface area contributed by atoms with Crippen LogP contribution in [0.1, 0.15) is 16.8 Å². The zero-order valence-corrected chi connectivity index (χ0v) is 11.3. The van der Waals surface area contributed by atoms with Crippen LogP contribution in [0.5, 0.6) is 0 Å². The van der Waals surface area contributed by atoms with Crippen molar-refractivity contribution in [1.29, 1.82) is 0 Å². The third-order valence-corrected chi connectivity index (χ3v) is 2.93. The first-order chi connectivity index (χ1) is 9.31. The summed E-state index contributed by atoms with van der Waals surface area (Å²) >= 11 is -0.247. The third kappa shape index (κ3) is 5.96. The average molecular weight is 307 g/mol. The lowest BCUT2D eigenvalue weighted by Gasteiger charge is -2.07. The van der Waals surface area contributed by atoms with Crippen LogP contribution in [0.15, 0.2) is 29.2 Å². The summed E-state index contributed by atoms with van der Waals surface area (Å²) in [7, 11) is 1.24. The van der Waals surface area contributed by atoms with Crippen LogP contribution in [0.25, 0.3) is 0 Å². The molecule has 0 saturated carbocycles. The Kier molecular flexibility index (Phi) is 5.87. The normalized spacial score (nSPS) is 11.0. The lowest BCUT2D eigenvalue weighted by atomic mass is 10.2. The molecular formula is C12H12F3NO3S. The molecule has 0 unspecified atom stereocenters. The molecule has 0 aromatic heterocycles. The highest BCUT2D eigenvalue weighted by Crippen LogP contribution is 2.36. The maximum atomic E-state index is 12.1. The van der Waals surface area contributed by atoms with Gasteiger partial charge in [-0.05, 0) is 36.0 Å². The van der Waals surface area contributed by atoms with E-state index in [1.807, 2.05) is 0 Å². The van der Waals surface area contributed by atoms with E-state index in [1.165, 1.54) is 31.4 Å². The number of nitrogens with one attached hydrogen (secondary N) is 1. The SMILES string of the molecule is COC(=O)CCNC(=O)c1ccc(SC(F)(F)F)cc1. The maximum Gasteiger partial charge on any atom is 0.446 e. The minimum atomic E-state index is -4.36. The van der Waals surface area contributed by atoms with Crippen LogP contribution in [0.4, 0.5) is 13.2 Å². The molecule has 1 aromatic rings. The number of carbonyl (C=O) groups is 2. The van der Waals surface area contributed by atoms with Crippen LogP contribution < -0.4 is 5.32 Å². The molecule has 1 amide bonds. The van der Waals surface area contributed by atoms with E-state index < -0.39 is 17.4 Å². The van der Waals surface area contributed by atoms with Gasteiger partial charge in [-0.25, -0.2) is 0 Å². The Balaban J connectivity index is 2.51. The Morgan fingerprint density at radius 2 is 1.85 bits per heavy atom. The van der Waals surface area contributed by atoms with Gasteiger partial charge in [0.2, 0.25) is 0 Å². The van der Waals surface area contributed by atoms with E-state index in [-0.39, 0.29) is 35.2 Å². The summed E-state index contributed by atoms with van der Waals surface area (Å²) in [6.45, 7) is 0.102. The molecule has 110 valence electrons. The van der Waals surface area contributed by atoms with Gasteiger partial charge >= 0.3 is 11.5 Å². The van der Waals surface area contributed by atoms with Gasteiger partial charge in [-0.15, -0.1) is 0 Å². The first kappa shape index (κ1) is 16.4. The van der Waals surface area contributed by atoms with Gasteiger partial charge in [0.25, 0.3) is 5.91 Å². The Morgan fingerprint density at radius 3 is 2.35 bits per heavy atom. The largest absolute Gasteiger partial charge is 0.469 e. The first-order valence-corrected chi connectivity index (χ1v) is 6.34. The zero-order valence-electron chi connectivity index (χ0n) is 10.5. The number of amides is 1. The van der Waals surface area contributed by atoms with Crippen molar-refractivity contribution in [2.24, 2.45) is 0 Å². The lowest BCUT2D eigenvalue weighted by molar-refractivity contribution is -0.140. The van der Waals surface area contributed by atoms with Crippen LogP contribution in [0, 0.1) is 0 Å². The van der Waals surface area contributed by atoms with Gasteiger partial charge in [0.05, 0.1) is 13.5 Å². The number of carbonyl (C=O) groups excluding carboxylic acids is 2. The molecule has 0 aliphatic heterocycles. The monoisotopic (exact) mass is 307 g/mol. The zero-order chi connectivity index (χ0) is 15.2. The van der Waals surface area contributed by atoms with E-state index in [9.17, 15) is 22.8 Å². The van der Waals surface area contributed by atoms with Crippen molar-refractivity contribution in [3.63, 3.8) is 0 Å². The molecule has 0 aliphatic rings. The standard InChI is InChI=1S/C12H12F3NO3S/c1-19-10(17)6-7-16-11(18)8-2-4-9(5-3-8)20-12(13,14)15/h2-5H,6-7H2,1H3,(H,16,18). The molecule has 8 heteroatoms. The summed E-state index contributed by atoms with van der Waals surface area (Å²) in [5.74, 6) is -0.917. The van der Waals surface area contributed by atoms with Crippen molar-refractivity contribution in [3.05, 3.63) is 29.8 Å². The highest BCUT2D eigenvalue weighted by Gasteiger charge is 2.29. The van der Waals surface area contributed by atoms with Crippen molar-refractivity contribution in [1.82, 2.24) is 5.32 Å². The van der Waals surface area contributed by atoms with E-state index in [0.29, 0.717) is 0 Å². The van der Waals surface area contributed by atoms with Gasteiger partial charge in [-0.3, -0.25) is 9.59 Å². The van der Waals surface area contributed by atoms with Crippen LogP contribution >= 0.6 is 11.8 Å². The van der Waals surface area contributed by atoms with Gasteiger partial charge in [0.1, 0.15) is 0 Å². The van der Waals surface area contributed by atoms with Crippen molar-refractivity contribution in [2.45, 2.75) is 16.8 Å². The van der Waals surface area contributed by atoms with Gasteiger partial charge < -0.3 is 10.1 Å². The molecule has 0 spiro atoms. The number of ether oxygens (including phenoxy) is 1. The Bertz CT molecular complexity index is 474. The molecule has 20 heavy (non-hydrogen) atoms. The topological polar surface area (TPSA) is 55.4 Å². The maximum absolute atomic E-state index is 12.1. The Hall–Kier alpha value is -1.70. The van der Waals surface area contributed by atoms with E-state index in [1.54, 1.807) is 0 Å². The predicted octanol–water partition coefficient (Wildman–Crippen LogP) is 2.59. The molecule has 0 atom stereocenters. The molecule has 4 nitrogen and oxygen atoms in total. The third-order valence-electron chi connectivity index (χ3n) is 2.19. The molecule has 1 N–H and O–H groups in total. The highest BCUT2D eigenvalue weighted by atomic mass is 32.2. The minimum Gasteiger partial charge on any atom is -0.469 e. The number of thioether (sulfide) groups is 1. The van der Waals surface area contributed by atoms with Crippen molar-refractivity contribution in [2.75, 3.05) is 13.7 Å². The summed E-state index contributed by atoms with van der Waals surface area (Å²) < 4.78 is 40.7. The van der Waals surface area contributed by atoms with Crippen molar-refractivity contribution in [3.8, 4) is 0 Å². The number of hydrogen-bond acceptors (Lipinski definition) is 4. The Morgan fingerprint density at radius 1 is 1.25 bits per heavy atom.